The second-order valence-electron chi connectivity index (χ2n) is 7.20. The van der Waals surface area contributed by atoms with Gasteiger partial charge in [-0.05, 0) is 24.7 Å². The quantitative estimate of drug-likeness (QED) is 0.814. The normalized spacial score (nSPS) is 25.1. The summed E-state index contributed by atoms with van der Waals surface area (Å²) in [5.74, 6) is -0.00248. The molecule has 1 heterocycles. The summed E-state index contributed by atoms with van der Waals surface area (Å²) in [5, 5.41) is 21.5. The van der Waals surface area contributed by atoms with Crippen molar-refractivity contribution in [3.05, 3.63) is 22.8 Å². The Morgan fingerprint density at radius 1 is 1.32 bits per heavy atom. The first-order valence-electron chi connectivity index (χ1n) is 8.44. The van der Waals surface area contributed by atoms with Crippen molar-refractivity contribution < 1.29 is 9.53 Å². The van der Waals surface area contributed by atoms with Gasteiger partial charge in [-0.25, -0.2) is 9.97 Å². The standard InChI is InChI=1S/C18H21N5O2/c1-17(2)11-5-6-18(17,16(24)21-7-4-8-25-3)15-14(11)22-12(9-19)13(10-20)23-15/h11H,4-8H2,1-3H3,(H,21,24)/t11-,18-/m1/s1. The van der Waals surface area contributed by atoms with E-state index >= 15 is 0 Å². The molecule has 1 fully saturated rings. The van der Waals surface area contributed by atoms with Crippen LogP contribution in [0.4, 0.5) is 0 Å². The minimum absolute atomic E-state index is 0.00356. The summed E-state index contributed by atoms with van der Waals surface area (Å²) in [7, 11) is 1.63. The van der Waals surface area contributed by atoms with E-state index in [-0.39, 0.29) is 28.6 Å². The monoisotopic (exact) mass is 339 g/mol. The van der Waals surface area contributed by atoms with E-state index in [0.717, 1.165) is 12.8 Å². The Hall–Kier alpha value is -2.51. The molecule has 1 amide bonds. The molecule has 0 spiro atoms. The van der Waals surface area contributed by atoms with Crippen LogP contribution in [-0.4, -0.2) is 36.1 Å². The molecule has 2 bridgehead atoms. The molecule has 130 valence electrons. The van der Waals surface area contributed by atoms with E-state index in [1.165, 1.54) is 0 Å². The molecule has 7 nitrogen and oxygen atoms in total. The Kier molecular flexibility index (Phi) is 4.22. The van der Waals surface area contributed by atoms with Crippen LogP contribution in [0.2, 0.25) is 0 Å². The zero-order chi connectivity index (χ0) is 18.2. The van der Waals surface area contributed by atoms with Gasteiger partial charge in [-0.2, -0.15) is 10.5 Å². The lowest BCUT2D eigenvalue weighted by Gasteiger charge is -2.36. The minimum atomic E-state index is -0.799. The van der Waals surface area contributed by atoms with Crippen molar-refractivity contribution in [1.82, 2.24) is 15.3 Å². The third-order valence-corrected chi connectivity index (χ3v) is 5.85. The highest BCUT2D eigenvalue weighted by atomic mass is 16.5. The molecule has 0 radical (unpaired) electrons. The average Bonchev–Trinajstić information content (AvgIpc) is 2.99. The summed E-state index contributed by atoms with van der Waals surface area (Å²) in [5.41, 5.74) is 0.164. The average molecular weight is 339 g/mol. The maximum atomic E-state index is 13.2. The van der Waals surface area contributed by atoms with Crippen molar-refractivity contribution in [3.8, 4) is 12.1 Å². The molecule has 25 heavy (non-hydrogen) atoms. The lowest BCUT2D eigenvalue weighted by atomic mass is 9.67. The smallest absolute Gasteiger partial charge is 0.232 e. The number of hydrogen-bond acceptors (Lipinski definition) is 6. The van der Waals surface area contributed by atoms with Gasteiger partial charge in [-0.15, -0.1) is 0 Å². The van der Waals surface area contributed by atoms with Gasteiger partial charge in [0, 0.05) is 26.2 Å². The van der Waals surface area contributed by atoms with E-state index in [1.807, 2.05) is 12.1 Å². The zero-order valence-electron chi connectivity index (χ0n) is 14.7. The first-order valence-corrected chi connectivity index (χ1v) is 8.44. The number of nitriles is 2. The Morgan fingerprint density at radius 3 is 2.64 bits per heavy atom. The molecule has 7 heteroatoms. The van der Waals surface area contributed by atoms with Crippen LogP contribution in [0, 0.1) is 28.1 Å². The van der Waals surface area contributed by atoms with Crippen LogP contribution < -0.4 is 5.32 Å². The number of hydrogen-bond donors (Lipinski definition) is 1. The van der Waals surface area contributed by atoms with E-state index in [0.29, 0.717) is 31.0 Å². The van der Waals surface area contributed by atoms with E-state index in [2.05, 4.69) is 29.1 Å². The van der Waals surface area contributed by atoms with Crippen LogP contribution in [0.1, 0.15) is 61.8 Å². The van der Waals surface area contributed by atoms with Gasteiger partial charge in [-0.1, -0.05) is 13.8 Å². The number of nitrogens with one attached hydrogen (secondary N) is 1. The van der Waals surface area contributed by atoms with Crippen LogP contribution in [0.5, 0.6) is 0 Å². The molecule has 0 aliphatic heterocycles. The van der Waals surface area contributed by atoms with Crippen molar-refractivity contribution in [2.24, 2.45) is 5.41 Å². The fourth-order valence-corrected chi connectivity index (χ4v) is 4.49. The maximum Gasteiger partial charge on any atom is 0.232 e. The molecule has 1 N–H and O–H groups in total. The van der Waals surface area contributed by atoms with Crippen molar-refractivity contribution in [3.63, 3.8) is 0 Å². The number of ether oxygens (including phenoxy) is 1. The maximum absolute atomic E-state index is 13.2. The van der Waals surface area contributed by atoms with Gasteiger partial charge < -0.3 is 10.1 Å². The number of carbonyl (C=O) groups excluding carboxylic acids is 1. The first-order chi connectivity index (χ1) is 11.9. The van der Waals surface area contributed by atoms with Gasteiger partial charge in [0.25, 0.3) is 0 Å². The highest BCUT2D eigenvalue weighted by Gasteiger charge is 2.67. The highest BCUT2D eigenvalue weighted by molar-refractivity contribution is 5.91. The molecule has 0 saturated heterocycles. The molecule has 2 aliphatic carbocycles. The van der Waals surface area contributed by atoms with Crippen molar-refractivity contribution >= 4 is 5.91 Å². The van der Waals surface area contributed by atoms with E-state index in [4.69, 9.17) is 4.74 Å². The third-order valence-electron chi connectivity index (χ3n) is 5.85. The SMILES string of the molecule is COCCCNC(=O)[C@@]12CC[C@H](c3nc(C#N)c(C#N)nc31)C2(C)C. The lowest BCUT2D eigenvalue weighted by Crippen LogP contribution is -2.50. The van der Waals surface area contributed by atoms with Crippen LogP contribution in [0.25, 0.3) is 0 Å². The van der Waals surface area contributed by atoms with Crippen LogP contribution in [-0.2, 0) is 14.9 Å². The van der Waals surface area contributed by atoms with E-state index in [9.17, 15) is 15.3 Å². The molecule has 1 aromatic heterocycles. The number of methoxy groups -OCH3 is 1. The van der Waals surface area contributed by atoms with Gasteiger partial charge in [0.1, 0.15) is 12.1 Å². The topological polar surface area (TPSA) is 112 Å². The predicted octanol–water partition coefficient (Wildman–Crippen LogP) is 1.53. The molecule has 2 atom stereocenters. The molecule has 1 saturated carbocycles. The molecule has 0 aromatic carbocycles. The number of carbonyl (C=O) groups is 1. The van der Waals surface area contributed by atoms with E-state index < -0.39 is 5.41 Å². The molecular weight excluding hydrogens is 318 g/mol. The fraction of sp³-hybridized carbons (Fsp3) is 0.611. The van der Waals surface area contributed by atoms with Crippen molar-refractivity contribution in [1.29, 1.82) is 10.5 Å². The van der Waals surface area contributed by atoms with Gasteiger partial charge in [-0.3, -0.25) is 4.79 Å². The Balaban J connectivity index is 2.04. The fourth-order valence-electron chi connectivity index (χ4n) is 4.49. The largest absolute Gasteiger partial charge is 0.385 e. The number of nitrogens with zero attached hydrogens (tertiary/aromatic N) is 4. The first kappa shape index (κ1) is 17.3. The molecule has 0 unspecified atom stereocenters. The Bertz CT molecular complexity index is 805. The number of rotatable bonds is 5. The second-order valence-corrected chi connectivity index (χ2v) is 7.20. The van der Waals surface area contributed by atoms with Crippen LogP contribution in [0.15, 0.2) is 0 Å². The summed E-state index contributed by atoms with van der Waals surface area (Å²) in [6.07, 6.45) is 2.24. The van der Waals surface area contributed by atoms with Crippen molar-refractivity contribution in [2.75, 3.05) is 20.3 Å². The molecule has 2 aliphatic rings. The third kappa shape index (κ3) is 2.23. The number of aromatic nitrogens is 2. The highest BCUT2D eigenvalue weighted by Crippen LogP contribution is 2.67. The van der Waals surface area contributed by atoms with Crippen LogP contribution in [0.3, 0.4) is 0 Å². The second kappa shape index (κ2) is 6.09. The summed E-state index contributed by atoms with van der Waals surface area (Å²) < 4.78 is 5.02. The van der Waals surface area contributed by atoms with Crippen LogP contribution >= 0.6 is 0 Å². The van der Waals surface area contributed by atoms with Gasteiger partial charge in [0.15, 0.2) is 11.4 Å². The Labute approximate surface area is 147 Å². The molecular formula is C18H21N5O2. The van der Waals surface area contributed by atoms with Gasteiger partial charge >= 0.3 is 0 Å². The number of fused-ring (bicyclic) bond motifs is 5. The predicted molar refractivity (Wildman–Crippen MR) is 88.4 cm³/mol. The summed E-state index contributed by atoms with van der Waals surface area (Å²) in [6, 6.07) is 3.88. The van der Waals surface area contributed by atoms with E-state index in [1.54, 1.807) is 7.11 Å². The molecule has 3 rings (SSSR count). The summed E-state index contributed by atoms with van der Waals surface area (Å²) >= 11 is 0. The zero-order valence-corrected chi connectivity index (χ0v) is 14.7. The molecule has 1 aromatic rings. The number of amides is 1. The van der Waals surface area contributed by atoms with Gasteiger partial charge in [0.05, 0.1) is 16.8 Å². The van der Waals surface area contributed by atoms with Gasteiger partial charge in [0.2, 0.25) is 5.91 Å². The summed E-state index contributed by atoms with van der Waals surface area (Å²) in [4.78, 5) is 22.0. The minimum Gasteiger partial charge on any atom is -0.385 e. The Morgan fingerprint density at radius 2 is 2.00 bits per heavy atom. The van der Waals surface area contributed by atoms with Crippen molar-refractivity contribution in [2.45, 2.75) is 44.4 Å². The summed E-state index contributed by atoms with van der Waals surface area (Å²) in [6.45, 7) is 5.22. The lowest BCUT2D eigenvalue weighted by molar-refractivity contribution is -0.130.